The molecule has 28 N–H and O–H groups in total. The highest BCUT2D eigenvalue weighted by Crippen LogP contribution is 2.16. The number of H-pyrrole nitrogens is 1. The van der Waals surface area contributed by atoms with Gasteiger partial charge in [-0.25, -0.2) is 9.78 Å². The summed E-state index contributed by atoms with van der Waals surface area (Å²) < 4.78 is 0. The molecule has 0 aliphatic carbocycles. The summed E-state index contributed by atoms with van der Waals surface area (Å²) >= 11 is 0. The van der Waals surface area contributed by atoms with E-state index in [1.54, 1.807) is 51.1 Å². The lowest BCUT2D eigenvalue weighted by Gasteiger charge is -2.29. The van der Waals surface area contributed by atoms with Gasteiger partial charge in [-0.05, 0) is 93.0 Å². The fourth-order valence-corrected chi connectivity index (χ4v) is 11.4. The number of carboxylic acid groups (broad SMARTS) is 4. The first-order chi connectivity index (χ1) is 55.2. The van der Waals surface area contributed by atoms with Crippen molar-refractivity contribution >= 4 is 107 Å². The van der Waals surface area contributed by atoms with Crippen molar-refractivity contribution in [3.05, 3.63) is 83.9 Å². The SMILES string of the molecule is CC[C@H](C)[C@H](NC(=O)[C@H](CCC(=O)O)NC(=O)[C@H](CC(=O)O)NC(=O)[C@@H](NC(=O)[C@H](Cc1ccccc1)NC(=O)CNC(=O)[C@H](CC(C)C)NC(=O)[C@H](CC(=O)O)NC(=O)[C@H](CCCN=C(N)N)NC(=O)[C@@H](N)CCCCN)C(C)C)C(=O)N[C@@H](CO)C(=O)N[C@@H](C)C(=O)N[C@@H](Cc1c[nH]cn1)C(=O)N[C@@H](Cc1ccc(O)cc1)C(=O)O. The standard InChI is InChI=1S/C74H112N20O23/c1-8-39(6)60(72(115)92-54(35-95)70(113)83-40(7)61(104)87-50(30-43-33-79-36-82-43)66(109)91-53(73(116)117)29-42-19-21-44(96)22-20-42)94-65(108)47(23-24-56(98)99)86-67(110)52(32-58(102)103)90-71(114)59(38(4)5)93-69(112)49(28-41-15-10-9-11-16-41)84-55(97)34-81-63(106)48(27-37(2)3)88-68(111)51(31-57(100)101)89-64(107)46(18-14-26-80-74(77)78)85-62(105)45(76)17-12-13-25-75/h9-11,15-16,19-22,33,36-40,45-54,59-60,95-96H,8,12-14,17-18,23-32,34-35,75-76H2,1-7H3,(H,79,82)(H,81,106)(H,83,113)(H,84,97)(H,85,105)(H,86,110)(H,87,104)(H,88,111)(H,89,107)(H,90,114)(H,91,109)(H,92,115)(H,93,112)(H,94,108)(H,98,99)(H,100,101)(H,102,103)(H,116,117)(H4,77,78,80)/t39-,40-,45-,46-,47-,48-,49-,50-,51-,52-,53-,54-,59-,60-/m0/s1. The van der Waals surface area contributed by atoms with Crippen LogP contribution < -0.4 is 92.1 Å². The summed E-state index contributed by atoms with van der Waals surface area (Å²) in [6, 6.07) is -7.52. The molecule has 43 nitrogen and oxygen atoms in total. The number of amides is 13. The third-order valence-corrected chi connectivity index (χ3v) is 18.1. The van der Waals surface area contributed by atoms with Crippen LogP contribution in [0.15, 0.2) is 72.1 Å². The van der Waals surface area contributed by atoms with Crippen molar-refractivity contribution in [1.29, 1.82) is 0 Å². The third kappa shape index (κ3) is 36.7. The maximum atomic E-state index is 14.4. The zero-order valence-corrected chi connectivity index (χ0v) is 66.1. The predicted molar refractivity (Wildman–Crippen MR) is 417 cm³/mol. The van der Waals surface area contributed by atoms with E-state index in [9.17, 15) is 112 Å². The van der Waals surface area contributed by atoms with Crippen LogP contribution in [0.3, 0.4) is 0 Å². The molecule has 0 fully saturated rings. The lowest BCUT2D eigenvalue weighted by Crippen LogP contribution is -2.62. The molecule has 0 saturated carbocycles. The van der Waals surface area contributed by atoms with Gasteiger partial charge in [-0.15, -0.1) is 0 Å². The zero-order valence-electron chi connectivity index (χ0n) is 66.1. The van der Waals surface area contributed by atoms with Gasteiger partial charge < -0.3 is 128 Å². The highest BCUT2D eigenvalue weighted by atomic mass is 16.4. The number of imidazole rings is 1. The number of phenolic OH excluding ortho intramolecular Hbond substituents is 1. The van der Waals surface area contributed by atoms with Crippen molar-refractivity contribution in [3.8, 4) is 5.75 Å². The lowest BCUT2D eigenvalue weighted by molar-refractivity contribution is -0.142. The molecule has 0 aliphatic rings. The number of aliphatic carboxylic acids is 4. The van der Waals surface area contributed by atoms with Crippen LogP contribution in [0.4, 0.5) is 0 Å². The van der Waals surface area contributed by atoms with Gasteiger partial charge in [0.05, 0.1) is 44.1 Å². The number of aliphatic imine (C=N–C) groups is 1. The Balaban J connectivity index is 1.83. The van der Waals surface area contributed by atoms with E-state index in [1.807, 2.05) is 0 Å². The first-order valence-corrected chi connectivity index (χ1v) is 37.9. The number of phenols is 1. The molecule has 0 unspecified atom stereocenters. The molecule has 43 heteroatoms. The summed E-state index contributed by atoms with van der Waals surface area (Å²) in [5.74, 6) is -22.6. The number of nitrogens with zero attached hydrogens (tertiary/aromatic N) is 2. The second-order valence-corrected chi connectivity index (χ2v) is 28.6. The number of hydrogen-bond acceptors (Lipinski definition) is 23. The molecule has 13 amide bonds. The van der Waals surface area contributed by atoms with Gasteiger partial charge in [0.2, 0.25) is 76.8 Å². The molecule has 1 heterocycles. The largest absolute Gasteiger partial charge is 0.508 e. The molecule has 3 rings (SSSR count). The average Bonchev–Trinajstić information content (AvgIpc) is 0.881. The number of aromatic amines is 1. The lowest BCUT2D eigenvalue weighted by atomic mass is 9.97. The van der Waals surface area contributed by atoms with Crippen LogP contribution in [-0.4, -0.2) is 252 Å². The van der Waals surface area contributed by atoms with Gasteiger partial charge in [-0.2, -0.15) is 0 Å². The third-order valence-electron chi connectivity index (χ3n) is 18.1. The van der Waals surface area contributed by atoms with Crippen molar-refractivity contribution < 1.29 is 112 Å². The summed E-state index contributed by atoms with van der Waals surface area (Å²) in [4.78, 5) is 241. The Morgan fingerprint density at radius 1 is 0.487 bits per heavy atom. The molecule has 0 aliphatic heterocycles. The molecular weight excluding hydrogens is 1540 g/mol. The number of aromatic nitrogens is 2. The minimum atomic E-state index is -2.09. The Morgan fingerprint density at radius 2 is 0.974 bits per heavy atom. The van der Waals surface area contributed by atoms with Crippen molar-refractivity contribution in [2.45, 2.75) is 217 Å². The number of aliphatic hydroxyl groups excluding tert-OH is 1. The zero-order chi connectivity index (χ0) is 87.8. The number of aromatic hydroxyl groups is 1. The molecule has 14 atom stereocenters. The summed E-state index contributed by atoms with van der Waals surface area (Å²) in [7, 11) is 0. The first-order valence-electron chi connectivity index (χ1n) is 37.9. The van der Waals surface area contributed by atoms with Crippen molar-refractivity contribution in [1.82, 2.24) is 79.1 Å². The van der Waals surface area contributed by atoms with Gasteiger partial charge in [0, 0.05) is 38.4 Å². The molecule has 0 bridgehead atoms. The van der Waals surface area contributed by atoms with Crippen LogP contribution in [0.5, 0.6) is 5.75 Å². The van der Waals surface area contributed by atoms with Crippen LogP contribution in [0.2, 0.25) is 0 Å². The van der Waals surface area contributed by atoms with Crippen molar-refractivity contribution in [2.24, 2.45) is 45.7 Å². The molecule has 646 valence electrons. The predicted octanol–water partition coefficient (Wildman–Crippen LogP) is -5.75. The minimum Gasteiger partial charge on any atom is -0.508 e. The molecule has 1 aromatic heterocycles. The monoisotopic (exact) mass is 1650 g/mol. The Morgan fingerprint density at radius 3 is 1.52 bits per heavy atom. The molecule has 0 saturated heterocycles. The Hall–Kier alpha value is -12.4. The van der Waals surface area contributed by atoms with E-state index in [0.717, 1.165) is 0 Å². The van der Waals surface area contributed by atoms with Crippen LogP contribution in [-0.2, 0) is 101 Å². The van der Waals surface area contributed by atoms with Crippen LogP contribution in [0, 0.1) is 17.8 Å². The Kier molecular flexibility index (Phi) is 42.8. The molecule has 0 spiro atoms. The fourth-order valence-electron chi connectivity index (χ4n) is 11.4. The second-order valence-electron chi connectivity index (χ2n) is 28.6. The number of hydrogen-bond donors (Lipinski definition) is 24. The summed E-state index contributed by atoms with van der Waals surface area (Å²) in [5.41, 5.74) is 23.6. The Labute approximate surface area is 673 Å². The number of aliphatic hydroxyl groups is 1. The number of carbonyl (C=O) groups excluding carboxylic acids is 13. The number of carbonyl (C=O) groups is 17. The number of rotatable bonds is 54. The smallest absolute Gasteiger partial charge is 0.326 e. The van der Waals surface area contributed by atoms with Gasteiger partial charge in [-0.1, -0.05) is 96.8 Å². The van der Waals surface area contributed by atoms with Gasteiger partial charge in [0.25, 0.3) is 0 Å². The van der Waals surface area contributed by atoms with Crippen molar-refractivity contribution in [3.63, 3.8) is 0 Å². The highest BCUT2D eigenvalue weighted by Gasteiger charge is 2.39. The maximum absolute atomic E-state index is 14.4. The molecule has 0 radical (unpaired) electrons. The second kappa shape index (κ2) is 50.7. The molecule has 2 aromatic carbocycles. The van der Waals surface area contributed by atoms with Crippen LogP contribution in [0.25, 0.3) is 0 Å². The maximum Gasteiger partial charge on any atom is 0.326 e. The quantitative estimate of drug-likeness (QED) is 0.0142. The van der Waals surface area contributed by atoms with Gasteiger partial charge in [0.15, 0.2) is 5.96 Å². The van der Waals surface area contributed by atoms with E-state index < -0.39 is 230 Å². The number of unbranched alkanes of at least 4 members (excludes halogenated alkanes) is 1. The Bertz CT molecular complexity index is 3880. The summed E-state index contributed by atoms with van der Waals surface area (Å²) in [6.07, 6.45) is -0.586. The highest BCUT2D eigenvalue weighted by molar-refractivity contribution is 6.01. The van der Waals surface area contributed by atoms with E-state index in [-0.39, 0.29) is 81.2 Å². The topological polar surface area (TPSA) is 713 Å². The normalized spacial score (nSPS) is 14.7. The van der Waals surface area contributed by atoms with Gasteiger partial charge in [0.1, 0.15) is 78.3 Å². The van der Waals surface area contributed by atoms with E-state index in [1.165, 1.54) is 64.5 Å². The average molecular weight is 1650 g/mol. The first kappa shape index (κ1) is 98.8. The number of nitrogens with two attached hydrogens (primary N) is 4. The number of carboxylic acids is 4. The molecular formula is C74H112N20O23. The summed E-state index contributed by atoms with van der Waals surface area (Å²) in [6.45, 7) is 8.84. The van der Waals surface area contributed by atoms with E-state index in [2.05, 4.69) is 84.1 Å². The van der Waals surface area contributed by atoms with E-state index in [0.29, 0.717) is 30.5 Å². The van der Waals surface area contributed by atoms with Crippen LogP contribution in [0.1, 0.15) is 136 Å². The van der Waals surface area contributed by atoms with E-state index in [4.69, 9.17) is 22.9 Å². The summed E-state index contributed by atoms with van der Waals surface area (Å²) in [5, 5.41) is 90.6. The van der Waals surface area contributed by atoms with Crippen LogP contribution >= 0.6 is 0 Å². The van der Waals surface area contributed by atoms with Crippen molar-refractivity contribution in [2.75, 3.05) is 26.2 Å². The molecule has 117 heavy (non-hydrogen) atoms. The minimum absolute atomic E-state index is 0.0153. The van der Waals surface area contributed by atoms with Gasteiger partial charge in [-0.3, -0.25) is 81.7 Å². The molecule has 3 aromatic rings. The fraction of sp³-hybridized carbons (Fsp3) is 0.554. The number of nitrogens with one attached hydrogen (secondary N) is 14. The number of benzene rings is 2. The van der Waals surface area contributed by atoms with Gasteiger partial charge >= 0.3 is 23.9 Å². The number of guanidine groups is 1. The van der Waals surface area contributed by atoms with E-state index >= 15 is 0 Å².